The van der Waals surface area contributed by atoms with Crippen LogP contribution in [0.1, 0.15) is 6.42 Å². The van der Waals surface area contributed by atoms with Gasteiger partial charge in [0.25, 0.3) is 5.69 Å². The molecule has 1 heterocycles. The molecule has 0 amide bonds. The third-order valence-electron chi connectivity index (χ3n) is 3.24. The molecule has 1 atom stereocenters. The molecule has 1 aliphatic heterocycles. The Morgan fingerprint density at radius 2 is 2.30 bits per heavy atom. The van der Waals surface area contributed by atoms with Crippen molar-refractivity contribution in [3.8, 4) is 11.5 Å². The predicted octanol–water partition coefficient (Wildman–Crippen LogP) is 2.03. The summed E-state index contributed by atoms with van der Waals surface area (Å²) < 4.78 is 23.6. The number of ether oxygens (including phenoxy) is 2. The number of benzene rings is 1. The third kappa shape index (κ3) is 3.57. The van der Waals surface area contributed by atoms with Gasteiger partial charge in [-0.3, -0.25) is 15.0 Å². The molecule has 1 fully saturated rings. The number of halogens is 1. The summed E-state index contributed by atoms with van der Waals surface area (Å²) in [5, 5.41) is 10.7. The van der Waals surface area contributed by atoms with Crippen molar-refractivity contribution in [2.75, 3.05) is 33.4 Å². The number of likely N-dealkylation sites (tertiary alicyclic amines) is 1. The van der Waals surface area contributed by atoms with Gasteiger partial charge in [-0.25, -0.2) is 4.39 Å². The topological polar surface area (TPSA) is 64.8 Å². The van der Waals surface area contributed by atoms with Crippen LogP contribution in [0.2, 0.25) is 0 Å². The summed E-state index contributed by atoms with van der Waals surface area (Å²) >= 11 is 0. The van der Waals surface area contributed by atoms with Gasteiger partial charge in [0.1, 0.15) is 12.8 Å². The van der Waals surface area contributed by atoms with Crippen molar-refractivity contribution < 1.29 is 18.8 Å². The SMILES string of the molecule is COc1cc([N+](=O)[O-])ccc1OCCN1CCC(F)C1. The highest BCUT2D eigenvalue weighted by Crippen LogP contribution is 2.31. The lowest BCUT2D eigenvalue weighted by molar-refractivity contribution is -0.384. The number of hydrogen-bond acceptors (Lipinski definition) is 5. The van der Waals surface area contributed by atoms with Crippen molar-refractivity contribution in [2.24, 2.45) is 0 Å². The van der Waals surface area contributed by atoms with Gasteiger partial charge in [0.2, 0.25) is 0 Å². The van der Waals surface area contributed by atoms with E-state index in [0.29, 0.717) is 37.6 Å². The lowest BCUT2D eigenvalue weighted by Crippen LogP contribution is -2.26. The van der Waals surface area contributed by atoms with Crippen LogP contribution in [0.25, 0.3) is 0 Å². The second kappa shape index (κ2) is 6.51. The minimum Gasteiger partial charge on any atom is -0.493 e. The van der Waals surface area contributed by atoms with Gasteiger partial charge in [0, 0.05) is 25.7 Å². The molecule has 0 radical (unpaired) electrons. The highest BCUT2D eigenvalue weighted by Gasteiger charge is 2.21. The van der Waals surface area contributed by atoms with E-state index in [2.05, 4.69) is 0 Å². The Bertz CT molecular complexity index is 483. The smallest absolute Gasteiger partial charge is 0.273 e. The van der Waals surface area contributed by atoms with Crippen LogP contribution < -0.4 is 9.47 Å². The van der Waals surface area contributed by atoms with E-state index in [-0.39, 0.29) is 5.69 Å². The first-order valence-electron chi connectivity index (χ1n) is 6.42. The first kappa shape index (κ1) is 14.5. The molecule has 1 aliphatic rings. The van der Waals surface area contributed by atoms with Crippen molar-refractivity contribution in [2.45, 2.75) is 12.6 Å². The fraction of sp³-hybridized carbons (Fsp3) is 0.538. The van der Waals surface area contributed by atoms with E-state index >= 15 is 0 Å². The first-order chi connectivity index (χ1) is 9.60. The summed E-state index contributed by atoms with van der Waals surface area (Å²) in [4.78, 5) is 12.2. The highest BCUT2D eigenvalue weighted by molar-refractivity contribution is 5.48. The van der Waals surface area contributed by atoms with E-state index < -0.39 is 11.1 Å². The molecule has 0 aliphatic carbocycles. The first-order valence-corrected chi connectivity index (χ1v) is 6.42. The van der Waals surface area contributed by atoms with Crippen molar-refractivity contribution in [1.82, 2.24) is 4.90 Å². The van der Waals surface area contributed by atoms with Gasteiger partial charge in [0.15, 0.2) is 11.5 Å². The maximum Gasteiger partial charge on any atom is 0.273 e. The number of nitro benzene ring substituents is 1. The Morgan fingerprint density at radius 1 is 1.50 bits per heavy atom. The monoisotopic (exact) mass is 284 g/mol. The van der Waals surface area contributed by atoms with E-state index in [4.69, 9.17) is 9.47 Å². The van der Waals surface area contributed by atoms with Crippen LogP contribution >= 0.6 is 0 Å². The summed E-state index contributed by atoms with van der Waals surface area (Å²) in [5.41, 5.74) is -0.0472. The fourth-order valence-electron chi connectivity index (χ4n) is 2.16. The normalized spacial score (nSPS) is 19.0. The van der Waals surface area contributed by atoms with E-state index in [1.165, 1.54) is 25.3 Å². The molecule has 0 N–H and O–H groups in total. The summed E-state index contributed by atoms with van der Waals surface area (Å²) in [7, 11) is 1.43. The second-order valence-electron chi connectivity index (χ2n) is 4.63. The molecular weight excluding hydrogens is 267 g/mol. The largest absolute Gasteiger partial charge is 0.493 e. The molecule has 7 heteroatoms. The molecule has 2 rings (SSSR count). The van der Waals surface area contributed by atoms with Gasteiger partial charge in [-0.15, -0.1) is 0 Å². The number of non-ortho nitro benzene ring substituents is 1. The molecular formula is C13H17FN2O4. The summed E-state index contributed by atoms with van der Waals surface area (Å²) in [5.74, 6) is 0.776. The molecule has 110 valence electrons. The minimum absolute atomic E-state index is 0.0472. The molecule has 0 saturated carbocycles. The molecule has 0 aromatic heterocycles. The van der Waals surface area contributed by atoms with Crippen molar-refractivity contribution in [3.05, 3.63) is 28.3 Å². The van der Waals surface area contributed by atoms with Crippen LogP contribution in [0, 0.1) is 10.1 Å². The molecule has 1 aromatic carbocycles. The van der Waals surface area contributed by atoms with E-state index in [1.54, 1.807) is 0 Å². The molecule has 1 unspecified atom stereocenters. The van der Waals surface area contributed by atoms with E-state index in [1.807, 2.05) is 4.90 Å². The zero-order chi connectivity index (χ0) is 14.5. The molecule has 6 nitrogen and oxygen atoms in total. The Hall–Kier alpha value is -1.89. The fourth-order valence-corrected chi connectivity index (χ4v) is 2.16. The number of methoxy groups -OCH3 is 1. The molecule has 20 heavy (non-hydrogen) atoms. The zero-order valence-electron chi connectivity index (χ0n) is 11.3. The minimum atomic E-state index is -0.746. The molecule has 1 saturated heterocycles. The maximum absolute atomic E-state index is 13.0. The van der Waals surface area contributed by atoms with Crippen molar-refractivity contribution in [1.29, 1.82) is 0 Å². The van der Waals surface area contributed by atoms with Gasteiger partial charge < -0.3 is 9.47 Å². The van der Waals surface area contributed by atoms with Crippen LogP contribution in [-0.4, -0.2) is 49.3 Å². The van der Waals surface area contributed by atoms with Gasteiger partial charge >= 0.3 is 0 Å². The van der Waals surface area contributed by atoms with Crippen LogP contribution in [-0.2, 0) is 0 Å². The van der Waals surface area contributed by atoms with Crippen LogP contribution in [0.3, 0.4) is 0 Å². The lowest BCUT2D eigenvalue weighted by atomic mass is 10.3. The van der Waals surface area contributed by atoms with Gasteiger partial charge in [-0.05, 0) is 12.5 Å². The molecule has 1 aromatic rings. The quantitative estimate of drug-likeness (QED) is 0.590. The highest BCUT2D eigenvalue weighted by atomic mass is 19.1. The second-order valence-corrected chi connectivity index (χ2v) is 4.63. The van der Waals surface area contributed by atoms with Gasteiger partial charge in [-0.1, -0.05) is 0 Å². The molecule has 0 bridgehead atoms. The number of alkyl halides is 1. The van der Waals surface area contributed by atoms with Crippen LogP contribution in [0.15, 0.2) is 18.2 Å². The Labute approximate surface area is 116 Å². The number of hydrogen-bond donors (Lipinski definition) is 0. The van der Waals surface area contributed by atoms with Crippen LogP contribution in [0.5, 0.6) is 11.5 Å². The Balaban J connectivity index is 1.90. The Morgan fingerprint density at radius 3 is 2.90 bits per heavy atom. The third-order valence-corrected chi connectivity index (χ3v) is 3.24. The summed E-state index contributed by atoms with van der Waals surface area (Å²) in [6.45, 7) is 2.20. The van der Waals surface area contributed by atoms with Gasteiger partial charge in [0.05, 0.1) is 18.1 Å². The number of rotatable bonds is 6. The maximum atomic E-state index is 13.0. The van der Waals surface area contributed by atoms with Crippen molar-refractivity contribution in [3.63, 3.8) is 0 Å². The van der Waals surface area contributed by atoms with Crippen LogP contribution in [0.4, 0.5) is 10.1 Å². The summed E-state index contributed by atoms with van der Waals surface area (Å²) in [6, 6.07) is 4.20. The zero-order valence-corrected chi connectivity index (χ0v) is 11.3. The van der Waals surface area contributed by atoms with Gasteiger partial charge in [-0.2, -0.15) is 0 Å². The Kier molecular flexibility index (Phi) is 4.73. The van der Waals surface area contributed by atoms with E-state index in [9.17, 15) is 14.5 Å². The van der Waals surface area contributed by atoms with Crippen molar-refractivity contribution >= 4 is 5.69 Å². The lowest BCUT2D eigenvalue weighted by Gasteiger charge is -2.16. The standard InChI is InChI=1S/C13H17FN2O4/c1-19-13-8-11(16(17)18)2-3-12(13)20-7-6-15-5-4-10(14)9-15/h2-3,8,10H,4-7,9H2,1H3. The predicted molar refractivity (Wildman–Crippen MR) is 71.1 cm³/mol. The number of nitrogens with zero attached hydrogens (tertiary/aromatic N) is 2. The molecule has 0 spiro atoms. The summed E-state index contributed by atoms with van der Waals surface area (Å²) in [6.07, 6.45) is -0.176. The average molecular weight is 284 g/mol. The number of nitro groups is 1. The average Bonchev–Trinajstić information content (AvgIpc) is 2.84. The van der Waals surface area contributed by atoms with E-state index in [0.717, 1.165) is 6.54 Å².